The van der Waals surface area contributed by atoms with E-state index in [9.17, 15) is 0 Å². The second-order valence-electron chi connectivity index (χ2n) is 4.66. The first-order valence-corrected chi connectivity index (χ1v) is 6.45. The van der Waals surface area contributed by atoms with Crippen LogP contribution in [0.15, 0.2) is 12.3 Å². The molecular weight excluding hydrogens is 198 g/mol. The Hall–Kier alpha value is -0.830. The summed E-state index contributed by atoms with van der Waals surface area (Å²) in [6, 6.07) is 2.57. The fraction of sp³-hybridized carbons (Fsp3) is 0.769. The molecule has 0 saturated carbocycles. The maximum Gasteiger partial charge on any atom is 0.0556 e. The minimum atomic E-state index is 0.425. The molecule has 1 aromatic rings. The molecule has 0 amide bonds. The van der Waals surface area contributed by atoms with Gasteiger partial charge in [-0.15, -0.1) is 0 Å². The normalized spacial score (nSPS) is 13.3. The Morgan fingerprint density at radius 1 is 1.31 bits per heavy atom. The first-order valence-electron chi connectivity index (χ1n) is 6.45. The van der Waals surface area contributed by atoms with Crippen molar-refractivity contribution in [3.8, 4) is 0 Å². The first-order chi connectivity index (χ1) is 7.70. The van der Waals surface area contributed by atoms with Crippen molar-refractivity contribution in [2.45, 2.75) is 53.1 Å². The van der Waals surface area contributed by atoms with Gasteiger partial charge in [0.2, 0.25) is 0 Å². The number of hydrogen-bond acceptors (Lipinski definition) is 2. The molecule has 3 nitrogen and oxygen atoms in total. The van der Waals surface area contributed by atoms with Crippen LogP contribution in [0.25, 0.3) is 0 Å². The molecule has 0 aliphatic carbocycles. The fourth-order valence-electron chi connectivity index (χ4n) is 1.99. The monoisotopic (exact) mass is 223 g/mol. The second-order valence-corrected chi connectivity index (χ2v) is 4.66. The van der Waals surface area contributed by atoms with E-state index < -0.39 is 0 Å². The minimum Gasteiger partial charge on any atom is -0.308 e. The van der Waals surface area contributed by atoms with Gasteiger partial charge in [0, 0.05) is 12.7 Å². The Morgan fingerprint density at radius 2 is 2.06 bits per heavy atom. The molecule has 0 spiro atoms. The number of rotatable bonds is 7. The van der Waals surface area contributed by atoms with Crippen LogP contribution in [0.1, 0.15) is 52.3 Å². The van der Waals surface area contributed by atoms with E-state index in [1.54, 1.807) is 0 Å². The topological polar surface area (TPSA) is 29.9 Å². The minimum absolute atomic E-state index is 0.425. The fourth-order valence-corrected chi connectivity index (χ4v) is 1.99. The third-order valence-corrected chi connectivity index (χ3v) is 2.78. The highest BCUT2D eigenvalue weighted by atomic mass is 15.3. The van der Waals surface area contributed by atoms with E-state index in [0.717, 1.165) is 19.5 Å². The number of nitrogens with one attached hydrogen (secondary N) is 1. The van der Waals surface area contributed by atoms with E-state index in [1.807, 2.05) is 6.20 Å². The van der Waals surface area contributed by atoms with Crippen LogP contribution in [0, 0.1) is 5.92 Å². The predicted molar refractivity (Wildman–Crippen MR) is 68.4 cm³/mol. The van der Waals surface area contributed by atoms with Gasteiger partial charge < -0.3 is 5.32 Å². The summed E-state index contributed by atoms with van der Waals surface area (Å²) in [4.78, 5) is 0. The van der Waals surface area contributed by atoms with Crippen LogP contribution in [0.4, 0.5) is 0 Å². The zero-order valence-electron chi connectivity index (χ0n) is 11.0. The van der Waals surface area contributed by atoms with Gasteiger partial charge in [-0.3, -0.25) is 4.68 Å². The Bertz CT molecular complexity index is 291. The van der Waals surface area contributed by atoms with E-state index in [4.69, 9.17) is 0 Å². The molecule has 0 bridgehead atoms. The summed E-state index contributed by atoms with van der Waals surface area (Å²) < 4.78 is 2.13. The van der Waals surface area contributed by atoms with Gasteiger partial charge in [0.15, 0.2) is 0 Å². The predicted octanol–water partition coefficient (Wildman–Crippen LogP) is 2.99. The van der Waals surface area contributed by atoms with Gasteiger partial charge in [0.05, 0.1) is 11.7 Å². The second kappa shape index (κ2) is 6.69. The van der Waals surface area contributed by atoms with Crippen LogP contribution in [0.3, 0.4) is 0 Å². The largest absolute Gasteiger partial charge is 0.308 e. The van der Waals surface area contributed by atoms with E-state index in [2.05, 4.69) is 48.9 Å². The molecule has 0 aliphatic heterocycles. The van der Waals surface area contributed by atoms with Crippen molar-refractivity contribution < 1.29 is 0 Å². The average molecular weight is 223 g/mol. The van der Waals surface area contributed by atoms with Crippen molar-refractivity contribution in [1.82, 2.24) is 15.1 Å². The van der Waals surface area contributed by atoms with Gasteiger partial charge in [0.25, 0.3) is 0 Å². The lowest BCUT2D eigenvalue weighted by Gasteiger charge is -2.23. The van der Waals surface area contributed by atoms with Crippen molar-refractivity contribution in [3.05, 3.63) is 18.0 Å². The van der Waals surface area contributed by atoms with Crippen LogP contribution in [-0.2, 0) is 6.54 Å². The third-order valence-electron chi connectivity index (χ3n) is 2.78. The molecule has 0 fully saturated rings. The molecule has 0 saturated heterocycles. The third kappa shape index (κ3) is 3.34. The molecule has 1 atom stereocenters. The number of hydrogen-bond donors (Lipinski definition) is 1. The standard InChI is InChI=1S/C13H25N3/c1-5-8-14-13(11(3)4)12-7-9-15-16(12)10-6-2/h7,9,11,13-14H,5-6,8,10H2,1-4H3. The smallest absolute Gasteiger partial charge is 0.0556 e. The number of nitrogens with zero attached hydrogens (tertiary/aromatic N) is 2. The summed E-state index contributed by atoms with van der Waals surface area (Å²) in [6.45, 7) is 11.0. The molecule has 1 heterocycles. The summed E-state index contributed by atoms with van der Waals surface area (Å²) in [5.74, 6) is 0.596. The molecule has 92 valence electrons. The van der Waals surface area contributed by atoms with Crippen LogP contribution in [-0.4, -0.2) is 16.3 Å². The highest BCUT2D eigenvalue weighted by Gasteiger charge is 2.18. The maximum atomic E-state index is 4.39. The maximum absolute atomic E-state index is 4.39. The van der Waals surface area contributed by atoms with Crippen molar-refractivity contribution in [2.24, 2.45) is 5.92 Å². The van der Waals surface area contributed by atoms with Crippen LogP contribution in [0.2, 0.25) is 0 Å². The zero-order valence-corrected chi connectivity index (χ0v) is 11.0. The van der Waals surface area contributed by atoms with Gasteiger partial charge in [-0.2, -0.15) is 5.10 Å². The van der Waals surface area contributed by atoms with Gasteiger partial charge in [-0.05, 0) is 31.4 Å². The molecule has 16 heavy (non-hydrogen) atoms. The van der Waals surface area contributed by atoms with E-state index in [1.165, 1.54) is 12.1 Å². The van der Waals surface area contributed by atoms with Crippen molar-refractivity contribution >= 4 is 0 Å². The number of aromatic nitrogens is 2. The van der Waals surface area contributed by atoms with Crippen LogP contribution in [0.5, 0.6) is 0 Å². The molecule has 3 heteroatoms. The summed E-state index contributed by atoms with van der Waals surface area (Å²) in [5, 5.41) is 8.00. The Balaban J connectivity index is 2.78. The molecule has 1 rings (SSSR count). The van der Waals surface area contributed by atoms with Gasteiger partial charge in [0.1, 0.15) is 0 Å². The lowest BCUT2D eigenvalue weighted by Crippen LogP contribution is -2.28. The Morgan fingerprint density at radius 3 is 2.62 bits per heavy atom. The van der Waals surface area contributed by atoms with E-state index in [0.29, 0.717) is 12.0 Å². The molecule has 0 radical (unpaired) electrons. The summed E-state index contributed by atoms with van der Waals surface area (Å²) in [6.07, 6.45) is 4.21. The highest BCUT2D eigenvalue weighted by molar-refractivity contribution is 5.08. The lowest BCUT2D eigenvalue weighted by atomic mass is 10.0. The van der Waals surface area contributed by atoms with Crippen molar-refractivity contribution in [2.75, 3.05) is 6.54 Å². The summed E-state index contributed by atoms with van der Waals surface area (Å²) in [7, 11) is 0. The van der Waals surface area contributed by atoms with Gasteiger partial charge in [-0.25, -0.2) is 0 Å². The van der Waals surface area contributed by atoms with E-state index in [-0.39, 0.29) is 0 Å². The molecule has 1 N–H and O–H groups in total. The van der Waals surface area contributed by atoms with Gasteiger partial charge >= 0.3 is 0 Å². The average Bonchev–Trinajstić information content (AvgIpc) is 2.67. The Labute approximate surface area is 99.2 Å². The molecule has 1 aromatic heterocycles. The first kappa shape index (κ1) is 13.2. The quantitative estimate of drug-likeness (QED) is 0.770. The Kier molecular flexibility index (Phi) is 5.53. The SMILES string of the molecule is CCCNC(c1ccnn1CCC)C(C)C. The van der Waals surface area contributed by atoms with E-state index >= 15 is 0 Å². The number of aryl methyl sites for hydroxylation is 1. The summed E-state index contributed by atoms with van der Waals surface area (Å²) in [5.41, 5.74) is 1.32. The van der Waals surface area contributed by atoms with Crippen LogP contribution >= 0.6 is 0 Å². The van der Waals surface area contributed by atoms with Crippen molar-refractivity contribution in [3.63, 3.8) is 0 Å². The molecule has 0 aliphatic rings. The molecule has 0 aromatic carbocycles. The lowest BCUT2D eigenvalue weighted by molar-refractivity contribution is 0.381. The molecule has 1 unspecified atom stereocenters. The summed E-state index contributed by atoms with van der Waals surface area (Å²) >= 11 is 0. The van der Waals surface area contributed by atoms with Crippen LogP contribution < -0.4 is 5.32 Å². The van der Waals surface area contributed by atoms with Crippen molar-refractivity contribution in [1.29, 1.82) is 0 Å². The molecular formula is C13H25N3. The van der Waals surface area contributed by atoms with Gasteiger partial charge in [-0.1, -0.05) is 27.7 Å². The zero-order chi connectivity index (χ0) is 12.0. The highest BCUT2D eigenvalue weighted by Crippen LogP contribution is 2.21.